The van der Waals surface area contributed by atoms with Crippen molar-refractivity contribution >= 4 is 20.1 Å². The second-order valence-corrected chi connectivity index (χ2v) is 3.37. The van der Waals surface area contributed by atoms with Crippen LogP contribution in [0.2, 0.25) is 5.32 Å². The average molecular weight is 185 g/mol. The van der Waals surface area contributed by atoms with Gasteiger partial charge in [0.2, 0.25) is 0 Å². The molecule has 0 saturated carbocycles. The van der Waals surface area contributed by atoms with E-state index in [9.17, 15) is 8.63 Å². The summed E-state index contributed by atoms with van der Waals surface area (Å²) in [6.07, 6.45) is -0.204. The molecule has 0 aromatic heterocycles. The van der Waals surface area contributed by atoms with E-state index in [1.54, 1.807) is 0 Å². The third-order valence-corrected chi connectivity index (χ3v) is 1.65. The van der Waals surface area contributed by atoms with Crippen molar-refractivity contribution in [3.63, 3.8) is 0 Å². The van der Waals surface area contributed by atoms with E-state index in [-0.39, 0.29) is 11.7 Å². The molecule has 0 aliphatic carbocycles. The topological polar surface area (TPSA) is 74.6 Å². The molecular weight excluding hydrogens is 179 g/mol. The van der Waals surface area contributed by atoms with Crippen LogP contribution in [0.3, 0.4) is 0 Å². The molecule has 0 saturated heterocycles. The van der Waals surface area contributed by atoms with E-state index < -0.39 is 20.1 Å². The van der Waals surface area contributed by atoms with Crippen LogP contribution < -0.4 is 0 Å². The van der Waals surface area contributed by atoms with Gasteiger partial charge in [-0.15, -0.1) is 0 Å². The minimum absolute atomic E-state index is 0.0880. The van der Waals surface area contributed by atoms with Gasteiger partial charge in [-0.1, -0.05) is 0 Å². The molecule has 0 aromatic carbocycles. The summed E-state index contributed by atoms with van der Waals surface area (Å²) in [5.41, 5.74) is 0. The van der Waals surface area contributed by atoms with Gasteiger partial charge >= 0.3 is 49.8 Å². The Labute approximate surface area is 50.5 Å². The summed E-state index contributed by atoms with van der Waals surface area (Å²) in [5.74, 6) is -1.02. The van der Waals surface area contributed by atoms with Crippen LogP contribution in [-0.2, 0) is 8.63 Å². The van der Waals surface area contributed by atoms with Crippen molar-refractivity contribution in [2.75, 3.05) is 0 Å². The molecule has 0 radical (unpaired) electrons. The molecule has 0 spiro atoms. The Morgan fingerprint density at radius 3 is 2.25 bits per heavy atom. The Bertz CT molecular complexity index is 95.9. The summed E-state index contributed by atoms with van der Waals surface area (Å²) < 4.78 is 18.0. The van der Waals surface area contributed by atoms with E-state index in [1.807, 2.05) is 0 Å². The summed E-state index contributed by atoms with van der Waals surface area (Å²) in [4.78, 5) is 9.67. The van der Waals surface area contributed by atoms with Crippen molar-refractivity contribution in [2.24, 2.45) is 0 Å². The molecule has 0 aromatic rings. The number of aliphatic carboxylic acids is 1. The molecule has 4 nitrogen and oxygen atoms in total. The predicted octanol–water partition coefficient (Wildman–Crippen LogP) is -0.628. The molecule has 0 amide bonds. The zero-order valence-electron chi connectivity index (χ0n) is 4.03. The van der Waals surface area contributed by atoms with Crippen LogP contribution >= 0.6 is 0 Å². The molecule has 5 heteroatoms. The van der Waals surface area contributed by atoms with Crippen LogP contribution in [0.4, 0.5) is 0 Å². The van der Waals surface area contributed by atoms with Gasteiger partial charge in [0.15, 0.2) is 0 Å². The van der Waals surface area contributed by atoms with Gasteiger partial charge in [0, 0.05) is 0 Å². The molecule has 0 aliphatic heterocycles. The van der Waals surface area contributed by atoms with Crippen LogP contribution in [0.5, 0.6) is 0 Å². The molecule has 48 valence electrons. The van der Waals surface area contributed by atoms with Gasteiger partial charge in [-0.2, -0.15) is 0 Å². The number of carboxylic acids is 1. The van der Waals surface area contributed by atoms with Crippen LogP contribution in [0, 0.1) is 0 Å². The molecule has 2 N–H and O–H groups in total. The SMILES string of the molecule is O=C(O)CC[Se](=O)O. The number of hydrogen-bond donors (Lipinski definition) is 2. The molecule has 8 heavy (non-hydrogen) atoms. The Balaban J connectivity index is 3.18. The second kappa shape index (κ2) is 3.72. The third kappa shape index (κ3) is 5.75. The summed E-state index contributed by atoms with van der Waals surface area (Å²) in [5, 5.41) is 7.84. The van der Waals surface area contributed by atoms with E-state index in [0.717, 1.165) is 0 Å². The molecule has 0 aliphatic rings. The van der Waals surface area contributed by atoms with Gasteiger partial charge in [-0.3, -0.25) is 0 Å². The molecule has 0 heterocycles. The Morgan fingerprint density at radius 1 is 1.62 bits per heavy atom. The summed E-state index contributed by atoms with van der Waals surface area (Å²) in [7, 11) is 0. The first-order valence-electron chi connectivity index (χ1n) is 1.92. The maximum atomic E-state index is 9.85. The van der Waals surface area contributed by atoms with Crippen LogP contribution in [-0.4, -0.2) is 29.4 Å². The zero-order chi connectivity index (χ0) is 6.57. The normalized spacial score (nSPS) is 13.1. The number of carbonyl (C=O) groups is 1. The number of rotatable bonds is 3. The Kier molecular flexibility index (Phi) is 3.60. The molecule has 0 fully saturated rings. The second-order valence-electron chi connectivity index (χ2n) is 1.17. The molecular formula is C3H6O4Se. The molecule has 0 rings (SSSR count). The average Bonchev–Trinajstić information content (AvgIpc) is 1.61. The Morgan fingerprint density at radius 2 is 2.12 bits per heavy atom. The fraction of sp³-hybridized carbons (Fsp3) is 0.667. The fourth-order valence-corrected chi connectivity index (χ4v) is 0.907. The van der Waals surface area contributed by atoms with Crippen molar-refractivity contribution in [3.05, 3.63) is 0 Å². The van der Waals surface area contributed by atoms with Gasteiger partial charge in [-0.25, -0.2) is 0 Å². The van der Waals surface area contributed by atoms with Gasteiger partial charge in [0.25, 0.3) is 0 Å². The first-order chi connectivity index (χ1) is 3.63. The summed E-state index contributed by atoms with van der Waals surface area (Å²) >= 11 is -2.75. The van der Waals surface area contributed by atoms with E-state index in [2.05, 4.69) is 0 Å². The van der Waals surface area contributed by atoms with E-state index in [1.165, 1.54) is 0 Å². The quantitative estimate of drug-likeness (QED) is 0.574. The van der Waals surface area contributed by atoms with E-state index in [0.29, 0.717) is 0 Å². The third-order valence-electron chi connectivity index (χ3n) is 0.491. The van der Waals surface area contributed by atoms with Crippen molar-refractivity contribution < 1.29 is 17.9 Å². The first-order valence-corrected chi connectivity index (χ1v) is 4.60. The first kappa shape index (κ1) is 7.75. The predicted molar refractivity (Wildman–Crippen MR) is 25.7 cm³/mol. The van der Waals surface area contributed by atoms with E-state index in [4.69, 9.17) is 9.30 Å². The minimum atomic E-state index is -2.75. The van der Waals surface area contributed by atoms with Crippen LogP contribution in [0.1, 0.15) is 6.42 Å². The van der Waals surface area contributed by atoms with Gasteiger partial charge in [-0.05, 0) is 0 Å². The number of carboxylic acid groups (broad SMARTS) is 1. The summed E-state index contributed by atoms with van der Waals surface area (Å²) in [6.45, 7) is 0. The van der Waals surface area contributed by atoms with E-state index >= 15 is 0 Å². The van der Waals surface area contributed by atoms with Crippen LogP contribution in [0.25, 0.3) is 0 Å². The standard InChI is InChI=1S/C3H6O4Se/c4-3(5)1-2-8(6)7/h1-2H2,(H,4,5)(H,6,7). The Hall–Kier alpha value is -0.251. The van der Waals surface area contributed by atoms with Gasteiger partial charge in [0.1, 0.15) is 0 Å². The van der Waals surface area contributed by atoms with Crippen LogP contribution in [0.15, 0.2) is 0 Å². The zero-order valence-corrected chi connectivity index (χ0v) is 5.75. The molecule has 1 atom stereocenters. The monoisotopic (exact) mass is 186 g/mol. The fourth-order valence-electron chi connectivity index (χ4n) is 0.175. The van der Waals surface area contributed by atoms with Gasteiger partial charge in [0.05, 0.1) is 0 Å². The molecule has 1 unspecified atom stereocenters. The summed E-state index contributed by atoms with van der Waals surface area (Å²) in [6, 6.07) is 0. The van der Waals surface area contributed by atoms with Gasteiger partial charge < -0.3 is 0 Å². The van der Waals surface area contributed by atoms with Crippen molar-refractivity contribution in [1.29, 1.82) is 0 Å². The van der Waals surface area contributed by atoms with Crippen molar-refractivity contribution in [2.45, 2.75) is 11.7 Å². The van der Waals surface area contributed by atoms with Crippen molar-refractivity contribution in [3.8, 4) is 0 Å². The van der Waals surface area contributed by atoms with Crippen molar-refractivity contribution in [1.82, 2.24) is 0 Å². The molecule has 0 bridgehead atoms. The number of hydrogen-bond acceptors (Lipinski definition) is 2. The maximum absolute atomic E-state index is 9.85.